The van der Waals surface area contributed by atoms with Crippen molar-refractivity contribution in [2.45, 2.75) is 38.6 Å². The summed E-state index contributed by atoms with van der Waals surface area (Å²) in [6, 6.07) is 3.39. The molecule has 0 amide bonds. The van der Waals surface area contributed by atoms with E-state index in [9.17, 15) is 12.8 Å². The van der Waals surface area contributed by atoms with Crippen molar-refractivity contribution in [3.63, 3.8) is 0 Å². The predicted molar refractivity (Wildman–Crippen MR) is 78.0 cm³/mol. The van der Waals surface area contributed by atoms with Crippen LogP contribution in [0.5, 0.6) is 0 Å². The summed E-state index contributed by atoms with van der Waals surface area (Å²) in [4.78, 5) is 0.0764. The summed E-state index contributed by atoms with van der Waals surface area (Å²) in [6.45, 7) is 7.78. The molecule has 1 atom stereocenters. The quantitative estimate of drug-likeness (QED) is 0.833. The van der Waals surface area contributed by atoms with Crippen molar-refractivity contribution < 1.29 is 12.8 Å². The molecule has 0 spiro atoms. The molecule has 1 unspecified atom stereocenters. The molecule has 0 aliphatic rings. The molecule has 0 heterocycles. The van der Waals surface area contributed by atoms with Crippen molar-refractivity contribution >= 4 is 26.0 Å². The lowest BCUT2D eigenvalue weighted by Gasteiger charge is -2.34. The zero-order valence-electron chi connectivity index (χ0n) is 11.7. The Kier molecular flexibility index (Phi) is 4.80. The highest BCUT2D eigenvalue weighted by Gasteiger charge is 2.33. The first-order valence-electron chi connectivity index (χ1n) is 5.91. The van der Waals surface area contributed by atoms with Gasteiger partial charge in [0.25, 0.3) is 0 Å². The Balaban J connectivity index is 3.24. The lowest BCUT2D eigenvalue weighted by molar-refractivity contribution is 0.216. The van der Waals surface area contributed by atoms with Gasteiger partial charge in [0.1, 0.15) is 5.82 Å². The topological polar surface area (TPSA) is 37.4 Å². The van der Waals surface area contributed by atoms with Gasteiger partial charge in [0, 0.05) is 17.6 Å². The normalized spacial score (nSPS) is 14.7. The number of benzene rings is 1. The largest absolute Gasteiger partial charge is 0.244 e. The molecule has 19 heavy (non-hydrogen) atoms. The van der Waals surface area contributed by atoms with Gasteiger partial charge in [-0.15, -0.1) is 0 Å². The van der Waals surface area contributed by atoms with Crippen LogP contribution in [-0.2, 0) is 10.0 Å². The van der Waals surface area contributed by atoms with Crippen molar-refractivity contribution in [2.75, 3.05) is 7.05 Å². The molecule has 0 saturated heterocycles. The fourth-order valence-electron chi connectivity index (χ4n) is 1.59. The minimum atomic E-state index is -3.65. The minimum Gasteiger partial charge on any atom is -0.207 e. The molecule has 0 aliphatic heterocycles. The van der Waals surface area contributed by atoms with Crippen LogP contribution in [0.1, 0.15) is 27.7 Å². The molecule has 1 aromatic carbocycles. The van der Waals surface area contributed by atoms with Crippen LogP contribution >= 0.6 is 15.9 Å². The fourth-order valence-corrected chi connectivity index (χ4v) is 4.15. The highest BCUT2D eigenvalue weighted by Crippen LogP contribution is 2.30. The molecule has 0 saturated carbocycles. The van der Waals surface area contributed by atoms with E-state index in [4.69, 9.17) is 0 Å². The van der Waals surface area contributed by atoms with Crippen molar-refractivity contribution in [1.82, 2.24) is 4.31 Å². The average molecular weight is 352 g/mol. The predicted octanol–water partition coefficient (Wildman–Crippen LogP) is 3.64. The highest BCUT2D eigenvalue weighted by atomic mass is 79.9. The molecule has 0 aromatic heterocycles. The van der Waals surface area contributed by atoms with Gasteiger partial charge in [-0.05, 0) is 46.5 Å². The van der Waals surface area contributed by atoms with E-state index in [1.54, 1.807) is 7.05 Å². The van der Waals surface area contributed by atoms with Crippen LogP contribution in [0.3, 0.4) is 0 Å². The number of halogens is 2. The third-order valence-corrected chi connectivity index (χ3v) is 6.25. The Morgan fingerprint density at radius 3 is 2.26 bits per heavy atom. The summed E-state index contributed by atoms with van der Waals surface area (Å²) >= 11 is 3.10. The summed E-state index contributed by atoms with van der Waals surface area (Å²) in [7, 11) is -2.11. The third kappa shape index (κ3) is 3.55. The second-order valence-electron chi connectivity index (χ2n) is 5.64. The summed E-state index contributed by atoms with van der Waals surface area (Å²) < 4.78 is 39.7. The molecule has 1 aromatic rings. The summed E-state index contributed by atoms with van der Waals surface area (Å²) in [5.41, 5.74) is -0.186. The van der Waals surface area contributed by atoms with Gasteiger partial charge >= 0.3 is 0 Å². The fraction of sp³-hybridized carbons (Fsp3) is 0.538. The van der Waals surface area contributed by atoms with Crippen molar-refractivity contribution in [2.24, 2.45) is 5.41 Å². The first kappa shape index (κ1) is 16.6. The zero-order valence-corrected chi connectivity index (χ0v) is 14.1. The second kappa shape index (κ2) is 5.50. The number of rotatable bonds is 3. The molecule has 0 bridgehead atoms. The maximum Gasteiger partial charge on any atom is 0.244 e. The number of hydrogen-bond acceptors (Lipinski definition) is 2. The monoisotopic (exact) mass is 351 g/mol. The Bertz CT molecular complexity index is 566. The Morgan fingerprint density at radius 2 is 1.84 bits per heavy atom. The average Bonchev–Trinajstić information content (AvgIpc) is 2.25. The van der Waals surface area contributed by atoms with Gasteiger partial charge in [-0.3, -0.25) is 0 Å². The number of hydrogen-bond donors (Lipinski definition) is 0. The molecular formula is C13H19BrFNO2S. The van der Waals surface area contributed by atoms with E-state index in [1.165, 1.54) is 10.4 Å². The van der Waals surface area contributed by atoms with Gasteiger partial charge < -0.3 is 0 Å². The molecular weight excluding hydrogens is 333 g/mol. The molecule has 3 nitrogen and oxygen atoms in total. The summed E-state index contributed by atoms with van der Waals surface area (Å²) in [5, 5.41) is 0. The second-order valence-corrected chi connectivity index (χ2v) is 8.46. The standard InChI is InChI=1S/C13H19BrFNO2S/c1-9(13(2,3)4)16(5)19(17,18)12-7-6-10(15)8-11(12)14/h6-9H,1-5H3. The van der Waals surface area contributed by atoms with Gasteiger partial charge in [0.05, 0.1) is 4.90 Å². The molecule has 0 fully saturated rings. The first-order valence-corrected chi connectivity index (χ1v) is 8.14. The maximum absolute atomic E-state index is 13.0. The van der Waals surface area contributed by atoms with Crippen LogP contribution in [0.15, 0.2) is 27.6 Å². The van der Waals surface area contributed by atoms with E-state index in [2.05, 4.69) is 15.9 Å². The Hall–Kier alpha value is -0.460. The van der Waals surface area contributed by atoms with Gasteiger partial charge in [-0.1, -0.05) is 20.8 Å². The first-order chi connectivity index (χ1) is 8.48. The zero-order chi connectivity index (χ0) is 15.0. The lowest BCUT2D eigenvalue weighted by Crippen LogP contribution is -2.42. The van der Waals surface area contributed by atoms with E-state index >= 15 is 0 Å². The summed E-state index contributed by atoms with van der Waals surface area (Å²) in [5.74, 6) is -0.475. The lowest BCUT2D eigenvalue weighted by atomic mass is 9.88. The van der Waals surface area contributed by atoms with E-state index in [-0.39, 0.29) is 20.8 Å². The van der Waals surface area contributed by atoms with Crippen LogP contribution < -0.4 is 0 Å². The van der Waals surface area contributed by atoms with E-state index in [0.717, 1.165) is 12.1 Å². The molecule has 1 rings (SSSR count). The van der Waals surface area contributed by atoms with E-state index in [0.29, 0.717) is 0 Å². The number of sulfonamides is 1. The third-order valence-electron chi connectivity index (χ3n) is 3.35. The van der Waals surface area contributed by atoms with Crippen LogP contribution in [0.4, 0.5) is 4.39 Å². The summed E-state index contributed by atoms with van der Waals surface area (Å²) in [6.07, 6.45) is 0. The van der Waals surface area contributed by atoms with Crippen LogP contribution in [-0.4, -0.2) is 25.8 Å². The number of nitrogens with zero attached hydrogens (tertiary/aromatic N) is 1. The Labute approximate surface area is 123 Å². The minimum absolute atomic E-state index is 0.0764. The maximum atomic E-state index is 13.0. The van der Waals surface area contributed by atoms with Crippen LogP contribution in [0.25, 0.3) is 0 Å². The van der Waals surface area contributed by atoms with Crippen molar-refractivity contribution in [3.05, 3.63) is 28.5 Å². The van der Waals surface area contributed by atoms with E-state index in [1.807, 2.05) is 27.7 Å². The SMILES string of the molecule is CC(N(C)S(=O)(=O)c1ccc(F)cc1Br)C(C)(C)C. The molecule has 0 radical (unpaired) electrons. The van der Waals surface area contributed by atoms with Crippen LogP contribution in [0, 0.1) is 11.2 Å². The van der Waals surface area contributed by atoms with Crippen molar-refractivity contribution in [1.29, 1.82) is 0 Å². The van der Waals surface area contributed by atoms with Gasteiger partial charge in [-0.25, -0.2) is 12.8 Å². The van der Waals surface area contributed by atoms with Crippen molar-refractivity contribution in [3.8, 4) is 0 Å². The highest BCUT2D eigenvalue weighted by molar-refractivity contribution is 9.10. The van der Waals surface area contributed by atoms with Gasteiger partial charge in [-0.2, -0.15) is 4.31 Å². The molecule has 6 heteroatoms. The van der Waals surface area contributed by atoms with E-state index < -0.39 is 15.8 Å². The van der Waals surface area contributed by atoms with Crippen LogP contribution in [0.2, 0.25) is 0 Å². The molecule has 108 valence electrons. The van der Waals surface area contributed by atoms with Gasteiger partial charge in [0.2, 0.25) is 10.0 Å². The smallest absolute Gasteiger partial charge is 0.207 e. The van der Waals surface area contributed by atoms with Gasteiger partial charge in [0.15, 0.2) is 0 Å². The Morgan fingerprint density at radius 1 is 1.32 bits per heavy atom. The molecule has 0 N–H and O–H groups in total. The molecule has 0 aliphatic carbocycles.